The van der Waals surface area contributed by atoms with Gasteiger partial charge in [0, 0.05) is 19.1 Å². The van der Waals surface area contributed by atoms with E-state index in [1.54, 1.807) is 0 Å². The molecular weight excluding hydrogens is 326 g/mol. The molecule has 6 heteroatoms. The van der Waals surface area contributed by atoms with E-state index in [-0.39, 0.29) is 12.5 Å². The summed E-state index contributed by atoms with van der Waals surface area (Å²) < 4.78 is 0. The van der Waals surface area contributed by atoms with E-state index in [1.165, 1.54) is 18.4 Å². The summed E-state index contributed by atoms with van der Waals surface area (Å²) in [7, 11) is 0. The smallest absolute Gasteiger partial charge is 0.242 e. The topological polar surface area (TPSA) is 68.8 Å². The van der Waals surface area contributed by atoms with E-state index in [9.17, 15) is 4.79 Å². The number of carbonyl (C=O) groups excluding carboxylic acids is 1. The minimum Gasteiger partial charge on any atom is -0.357 e. The van der Waals surface area contributed by atoms with E-state index in [1.807, 2.05) is 6.92 Å². The van der Waals surface area contributed by atoms with Crippen LogP contribution < -0.4 is 16.0 Å². The van der Waals surface area contributed by atoms with Gasteiger partial charge in [0.05, 0.1) is 6.04 Å². The molecule has 1 amide bonds. The fourth-order valence-electron chi connectivity index (χ4n) is 3.37. The van der Waals surface area contributed by atoms with Crippen LogP contribution in [0.25, 0.3) is 0 Å². The van der Waals surface area contributed by atoms with Gasteiger partial charge in [-0.15, -0.1) is 0 Å². The number of carbonyl (C=O) groups is 1. The predicted octanol–water partition coefficient (Wildman–Crippen LogP) is 1.66. The number of rotatable bonds is 8. The average molecular weight is 358 g/mol. The van der Waals surface area contributed by atoms with Gasteiger partial charge in [0.25, 0.3) is 0 Å². The fourth-order valence-corrected chi connectivity index (χ4v) is 3.37. The van der Waals surface area contributed by atoms with Gasteiger partial charge in [0.1, 0.15) is 6.54 Å². The van der Waals surface area contributed by atoms with E-state index >= 15 is 0 Å². The molecule has 0 bridgehead atoms. The van der Waals surface area contributed by atoms with Crippen molar-refractivity contribution < 1.29 is 4.79 Å². The molecule has 26 heavy (non-hydrogen) atoms. The van der Waals surface area contributed by atoms with Crippen LogP contribution in [-0.4, -0.2) is 55.5 Å². The number of hydrogen-bond acceptors (Lipinski definition) is 3. The van der Waals surface area contributed by atoms with Gasteiger partial charge in [-0.2, -0.15) is 0 Å². The molecular formula is C20H31N5O. The molecule has 1 aliphatic carbocycles. The van der Waals surface area contributed by atoms with Crippen LogP contribution in [0.4, 0.5) is 0 Å². The lowest BCUT2D eigenvalue weighted by atomic mass is 10.1. The van der Waals surface area contributed by atoms with Crippen molar-refractivity contribution in [3.8, 4) is 0 Å². The van der Waals surface area contributed by atoms with Gasteiger partial charge >= 0.3 is 0 Å². The van der Waals surface area contributed by atoms with Crippen molar-refractivity contribution >= 4 is 11.9 Å². The van der Waals surface area contributed by atoms with Crippen molar-refractivity contribution in [3.05, 3.63) is 35.9 Å². The Morgan fingerprint density at radius 2 is 1.92 bits per heavy atom. The highest BCUT2D eigenvalue weighted by Crippen LogP contribution is 2.24. The van der Waals surface area contributed by atoms with Crippen LogP contribution in [0, 0.1) is 0 Å². The maximum absolute atomic E-state index is 11.9. The van der Waals surface area contributed by atoms with E-state index in [0.717, 1.165) is 39.0 Å². The van der Waals surface area contributed by atoms with Gasteiger partial charge < -0.3 is 16.0 Å². The first kappa shape index (κ1) is 18.7. The second kappa shape index (κ2) is 9.57. The third kappa shape index (κ3) is 5.73. The molecule has 3 rings (SSSR count). The zero-order valence-corrected chi connectivity index (χ0v) is 15.7. The fraction of sp³-hybridized carbons (Fsp3) is 0.600. The summed E-state index contributed by atoms with van der Waals surface area (Å²) in [6.45, 7) is 6.04. The van der Waals surface area contributed by atoms with Gasteiger partial charge in [-0.25, -0.2) is 4.99 Å². The summed E-state index contributed by atoms with van der Waals surface area (Å²) in [5.74, 6) is 0.711. The zero-order chi connectivity index (χ0) is 18.2. The Morgan fingerprint density at radius 3 is 2.58 bits per heavy atom. The summed E-state index contributed by atoms with van der Waals surface area (Å²) in [5, 5.41) is 9.66. The Balaban J connectivity index is 1.59. The normalized spacial score (nSPS) is 19.2. The number of amides is 1. The van der Waals surface area contributed by atoms with E-state index < -0.39 is 0 Å². The van der Waals surface area contributed by atoms with Crippen molar-refractivity contribution in [1.82, 2.24) is 20.9 Å². The maximum Gasteiger partial charge on any atom is 0.242 e. The third-order valence-electron chi connectivity index (χ3n) is 4.90. The quantitative estimate of drug-likeness (QED) is 0.489. The van der Waals surface area contributed by atoms with Crippen LogP contribution >= 0.6 is 0 Å². The lowest BCUT2D eigenvalue weighted by Crippen LogP contribution is -2.43. The van der Waals surface area contributed by atoms with Crippen LogP contribution in [0.2, 0.25) is 0 Å². The molecule has 2 aliphatic rings. The first-order valence-electron chi connectivity index (χ1n) is 9.87. The zero-order valence-electron chi connectivity index (χ0n) is 15.7. The molecule has 1 aromatic rings. The number of aliphatic imine (C=N–C) groups is 1. The minimum atomic E-state index is 0.00357. The lowest BCUT2D eigenvalue weighted by molar-refractivity contribution is -0.119. The Morgan fingerprint density at radius 1 is 1.19 bits per heavy atom. The number of nitrogens with zero attached hydrogens (tertiary/aromatic N) is 2. The SMILES string of the molecule is CCNC(=NCC(=O)NC1CC1)NCC(c1ccccc1)N1CCCC1. The standard InChI is InChI=1S/C20H31N5O/c1-2-21-20(23-15-19(26)24-17-10-11-17)22-14-18(25-12-6-7-13-25)16-8-4-3-5-9-16/h3-5,8-9,17-18H,2,6-7,10-15H2,1H3,(H,24,26)(H2,21,22,23). The molecule has 3 N–H and O–H groups in total. The molecule has 2 fully saturated rings. The molecule has 0 aromatic heterocycles. The average Bonchev–Trinajstić information content (AvgIpc) is 3.30. The molecule has 1 saturated heterocycles. The number of guanidine groups is 1. The molecule has 1 unspecified atom stereocenters. The molecule has 1 saturated carbocycles. The Hall–Kier alpha value is -2.08. The first-order chi connectivity index (χ1) is 12.8. The second-order valence-corrected chi connectivity index (χ2v) is 7.09. The van der Waals surface area contributed by atoms with Gasteiger partial charge in [-0.1, -0.05) is 30.3 Å². The number of benzene rings is 1. The first-order valence-corrected chi connectivity index (χ1v) is 9.87. The van der Waals surface area contributed by atoms with Gasteiger partial charge in [-0.3, -0.25) is 9.69 Å². The summed E-state index contributed by atoms with van der Waals surface area (Å²) in [5.41, 5.74) is 1.32. The third-order valence-corrected chi connectivity index (χ3v) is 4.90. The van der Waals surface area contributed by atoms with Gasteiger partial charge in [0.15, 0.2) is 5.96 Å². The summed E-state index contributed by atoms with van der Waals surface area (Å²) in [6, 6.07) is 11.3. The predicted molar refractivity (Wildman–Crippen MR) is 105 cm³/mol. The lowest BCUT2D eigenvalue weighted by Gasteiger charge is -2.29. The highest BCUT2D eigenvalue weighted by atomic mass is 16.2. The summed E-state index contributed by atoms with van der Waals surface area (Å²) in [6.07, 6.45) is 4.72. The molecule has 1 aromatic carbocycles. The van der Waals surface area contributed by atoms with Crippen molar-refractivity contribution in [2.24, 2.45) is 4.99 Å². The van der Waals surface area contributed by atoms with Crippen LogP contribution in [0.1, 0.15) is 44.2 Å². The van der Waals surface area contributed by atoms with Crippen molar-refractivity contribution in [2.45, 2.75) is 44.7 Å². The summed E-state index contributed by atoms with van der Waals surface area (Å²) >= 11 is 0. The Kier molecular flexibility index (Phi) is 6.89. The van der Waals surface area contributed by atoms with Crippen molar-refractivity contribution in [3.63, 3.8) is 0 Å². The monoisotopic (exact) mass is 357 g/mol. The minimum absolute atomic E-state index is 0.00357. The molecule has 0 spiro atoms. The molecule has 142 valence electrons. The largest absolute Gasteiger partial charge is 0.357 e. The molecule has 1 heterocycles. The Bertz CT molecular complexity index is 593. The maximum atomic E-state index is 11.9. The highest BCUT2D eigenvalue weighted by Gasteiger charge is 2.24. The molecule has 1 aliphatic heterocycles. The van der Waals surface area contributed by atoms with Crippen LogP contribution in [0.15, 0.2) is 35.3 Å². The van der Waals surface area contributed by atoms with Crippen molar-refractivity contribution in [2.75, 3.05) is 32.7 Å². The van der Waals surface area contributed by atoms with Crippen molar-refractivity contribution in [1.29, 1.82) is 0 Å². The molecule has 1 atom stereocenters. The van der Waals surface area contributed by atoms with Gasteiger partial charge in [-0.05, 0) is 51.3 Å². The Labute approximate surface area is 156 Å². The van der Waals surface area contributed by atoms with E-state index in [4.69, 9.17) is 0 Å². The molecule has 0 radical (unpaired) electrons. The van der Waals surface area contributed by atoms with E-state index in [2.05, 4.69) is 56.2 Å². The number of likely N-dealkylation sites (tertiary alicyclic amines) is 1. The van der Waals surface area contributed by atoms with Crippen LogP contribution in [-0.2, 0) is 4.79 Å². The summed E-state index contributed by atoms with van der Waals surface area (Å²) in [4.78, 5) is 18.9. The van der Waals surface area contributed by atoms with Crippen LogP contribution in [0.5, 0.6) is 0 Å². The van der Waals surface area contributed by atoms with Crippen LogP contribution in [0.3, 0.4) is 0 Å². The highest BCUT2D eigenvalue weighted by molar-refractivity contribution is 5.85. The van der Waals surface area contributed by atoms with E-state index in [0.29, 0.717) is 18.0 Å². The molecule has 6 nitrogen and oxygen atoms in total. The number of hydrogen-bond donors (Lipinski definition) is 3. The number of nitrogens with one attached hydrogen (secondary N) is 3. The second-order valence-electron chi connectivity index (χ2n) is 7.09. The van der Waals surface area contributed by atoms with Gasteiger partial charge in [0.2, 0.25) is 5.91 Å².